The quantitative estimate of drug-likeness (QED) is 0.573. The van der Waals surface area contributed by atoms with E-state index in [0.717, 1.165) is 0 Å². The second kappa shape index (κ2) is 7.39. The van der Waals surface area contributed by atoms with Crippen LogP contribution in [0.3, 0.4) is 0 Å². The standard InChI is InChI=1S/C19H15FN6O2/c1-12-22-16(18-24-19(28-25-18)13-5-4-8-21-9-13)10-26(12)11-17(27)23-15-7-3-2-6-14(15)20/h2-10H,11H2,1H3,(H,23,27). The molecule has 0 aliphatic rings. The summed E-state index contributed by atoms with van der Waals surface area (Å²) in [6, 6.07) is 9.57. The number of halogens is 1. The summed E-state index contributed by atoms with van der Waals surface area (Å²) in [6.07, 6.45) is 4.92. The van der Waals surface area contributed by atoms with Crippen LogP contribution in [0.1, 0.15) is 5.82 Å². The zero-order chi connectivity index (χ0) is 19.5. The minimum Gasteiger partial charge on any atom is -0.333 e. The van der Waals surface area contributed by atoms with Crippen LogP contribution in [0.15, 0.2) is 59.5 Å². The Balaban J connectivity index is 1.50. The van der Waals surface area contributed by atoms with E-state index >= 15 is 0 Å². The molecule has 0 bridgehead atoms. The summed E-state index contributed by atoms with van der Waals surface area (Å²) in [5.74, 6) is 0.351. The first-order valence-electron chi connectivity index (χ1n) is 8.43. The van der Waals surface area contributed by atoms with Gasteiger partial charge in [-0.3, -0.25) is 9.78 Å². The molecule has 0 aliphatic heterocycles. The van der Waals surface area contributed by atoms with Gasteiger partial charge in [0.2, 0.25) is 11.7 Å². The van der Waals surface area contributed by atoms with Crippen LogP contribution in [-0.2, 0) is 11.3 Å². The number of carbonyl (C=O) groups excluding carboxylic acids is 1. The SMILES string of the molecule is Cc1nc(-c2noc(-c3cccnc3)n2)cn1CC(=O)Nc1ccccc1F. The number of benzene rings is 1. The van der Waals surface area contributed by atoms with Gasteiger partial charge in [0.15, 0.2) is 0 Å². The number of nitrogens with zero attached hydrogens (tertiary/aromatic N) is 5. The first kappa shape index (κ1) is 17.5. The second-order valence-corrected chi connectivity index (χ2v) is 5.99. The Morgan fingerprint density at radius 2 is 2.07 bits per heavy atom. The fraction of sp³-hybridized carbons (Fsp3) is 0.105. The predicted molar refractivity (Wildman–Crippen MR) is 98.5 cm³/mol. The van der Waals surface area contributed by atoms with E-state index in [1.165, 1.54) is 12.1 Å². The lowest BCUT2D eigenvalue weighted by Crippen LogP contribution is -2.19. The van der Waals surface area contributed by atoms with Gasteiger partial charge in [0.25, 0.3) is 5.89 Å². The van der Waals surface area contributed by atoms with E-state index in [0.29, 0.717) is 28.8 Å². The van der Waals surface area contributed by atoms with Crippen LogP contribution in [0, 0.1) is 12.7 Å². The number of carbonyl (C=O) groups is 1. The van der Waals surface area contributed by atoms with Crippen LogP contribution >= 0.6 is 0 Å². The number of imidazole rings is 1. The maximum absolute atomic E-state index is 13.7. The molecule has 4 aromatic rings. The predicted octanol–water partition coefficient (Wildman–Crippen LogP) is 3.08. The molecule has 1 aromatic carbocycles. The third kappa shape index (κ3) is 3.63. The van der Waals surface area contributed by atoms with Gasteiger partial charge in [-0.2, -0.15) is 4.98 Å². The number of rotatable bonds is 5. The van der Waals surface area contributed by atoms with Crippen molar-refractivity contribution in [3.05, 3.63) is 66.6 Å². The number of aryl methyl sites for hydroxylation is 1. The number of aromatic nitrogens is 5. The normalized spacial score (nSPS) is 10.8. The molecule has 1 amide bonds. The van der Waals surface area contributed by atoms with Crippen molar-refractivity contribution in [3.63, 3.8) is 0 Å². The molecule has 3 heterocycles. The van der Waals surface area contributed by atoms with Crippen molar-refractivity contribution in [3.8, 4) is 23.0 Å². The minimum atomic E-state index is -0.492. The molecule has 9 heteroatoms. The van der Waals surface area contributed by atoms with Crippen LogP contribution in [0.5, 0.6) is 0 Å². The van der Waals surface area contributed by atoms with Gasteiger partial charge in [-0.05, 0) is 31.2 Å². The number of amides is 1. The average molecular weight is 378 g/mol. The zero-order valence-electron chi connectivity index (χ0n) is 14.8. The van der Waals surface area contributed by atoms with Gasteiger partial charge >= 0.3 is 0 Å². The van der Waals surface area contributed by atoms with Crippen molar-refractivity contribution in [2.45, 2.75) is 13.5 Å². The molecule has 4 rings (SSSR count). The molecule has 0 aliphatic carbocycles. The van der Waals surface area contributed by atoms with Gasteiger partial charge in [-0.1, -0.05) is 17.3 Å². The second-order valence-electron chi connectivity index (χ2n) is 5.99. The Morgan fingerprint density at radius 3 is 2.86 bits per heavy atom. The smallest absolute Gasteiger partial charge is 0.259 e. The topological polar surface area (TPSA) is 98.7 Å². The monoisotopic (exact) mass is 378 g/mol. The van der Waals surface area contributed by atoms with Crippen molar-refractivity contribution in [1.82, 2.24) is 24.7 Å². The fourth-order valence-electron chi connectivity index (χ4n) is 2.62. The Labute approximate surface area is 159 Å². The summed E-state index contributed by atoms with van der Waals surface area (Å²) in [5, 5.41) is 6.48. The maximum atomic E-state index is 13.7. The highest BCUT2D eigenvalue weighted by Crippen LogP contribution is 2.21. The molecular formula is C19H15FN6O2. The molecule has 28 heavy (non-hydrogen) atoms. The van der Waals surface area contributed by atoms with Crippen LogP contribution in [-0.4, -0.2) is 30.6 Å². The Kier molecular flexibility index (Phi) is 4.63. The van der Waals surface area contributed by atoms with Crippen molar-refractivity contribution >= 4 is 11.6 Å². The number of para-hydroxylation sites is 1. The first-order valence-corrected chi connectivity index (χ1v) is 8.43. The van der Waals surface area contributed by atoms with Crippen molar-refractivity contribution in [2.24, 2.45) is 0 Å². The first-order chi connectivity index (χ1) is 13.6. The van der Waals surface area contributed by atoms with E-state index in [2.05, 4.69) is 25.4 Å². The van der Waals surface area contributed by atoms with Crippen molar-refractivity contribution in [2.75, 3.05) is 5.32 Å². The summed E-state index contributed by atoms with van der Waals surface area (Å²) in [4.78, 5) is 24.9. The number of anilines is 1. The van der Waals surface area contributed by atoms with Gasteiger partial charge in [0.1, 0.15) is 23.9 Å². The van der Waals surface area contributed by atoms with Gasteiger partial charge < -0.3 is 14.4 Å². The van der Waals surface area contributed by atoms with Gasteiger partial charge in [-0.15, -0.1) is 0 Å². The van der Waals surface area contributed by atoms with Gasteiger partial charge in [0.05, 0.1) is 11.3 Å². The van der Waals surface area contributed by atoms with E-state index in [1.54, 1.807) is 54.3 Å². The number of hydrogen-bond acceptors (Lipinski definition) is 6. The molecule has 0 unspecified atom stereocenters. The molecule has 140 valence electrons. The van der Waals surface area contributed by atoms with Gasteiger partial charge in [0, 0.05) is 18.6 Å². The van der Waals surface area contributed by atoms with Gasteiger partial charge in [-0.25, -0.2) is 9.37 Å². The number of hydrogen-bond donors (Lipinski definition) is 1. The molecule has 0 saturated heterocycles. The van der Waals surface area contributed by atoms with Crippen molar-refractivity contribution < 1.29 is 13.7 Å². The molecule has 1 N–H and O–H groups in total. The fourth-order valence-corrected chi connectivity index (χ4v) is 2.62. The Bertz CT molecular complexity index is 1120. The van der Waals surface area contributed by atoms with Crippen molar-refractivity contribution in [1.29, 1.82) is 0 Å². The van der Waals surface area contributed by atoms with Crippen LogP contribution in [0.25, 0.3) is 23.0 Å². The molecule has 0 atom stereocenters. The minimum absolute atomic E-state index is 0.0273. The summed E-state index contributed by atoms with van der Waals surface area (Å²) in [7, 11) is 0. The van der Waals surface area contributed by atoms with E-state index in [-0.39, 0.29) is 18.1 Å². The summed E-state index contributed by atoms with van der Waals surface area (Å²) in [5.41, 5.74) is 1.29. The highest BCUT2D eigenvalue weighted by atomic mass is 19.1. The molecule has 0 radical (unpaired) electrons. The third-order valence-corrected chi connectivity index (χ3v) is 4.00. The van der Waals surface area contributed by atoms with Crippen LogP contribution in [0.2, 0.25) is 0 Å². The Hall–Kier alpha value is -3.88. The van der Waals surface area contributed by atoms with E-state index in [1.807, 2.05) is 0 Å². The number of pyridine rings is 1. The van der Waals surface area contributed by atoms with E-state index in [9.17, 15) is 9.18 Å². The zero-order valence-corrected chi connectivity index (χ0v) is 14.8. The lowest BCUT2D eigenvalue weighted by Gasteiger charge is -2.07. The third-order valence-electron chi connectivity index (χ3n) is 4.00. The highest BCUT2D eigenvalue weighted by Gasteiger charge is 2.16. The van der Waals surface area contributed by atoms with Crippen LogP contribution in [0.4, 0.5) is 10.1 Å². The molecule has 0 fully saturated rings. The largest absolute Gasteiger partial charge is 0.333 e. The molecule has 3 aromatic heterocycles. The molecule has 0 spiro atoms. The molecule has 8 nitrogen and oxygen atoms in total. The maximum Gasteiger partial charge on any atom is 0.259 e. The van der Waals surface area contributed by atoms with E-state index in [4.69, 9.17) is 4.52 Å². The molecular weight excluding hydrogens is 363 g/mol. The summed E-state index contributed by atoms with van der Waals surface area (Å²) in [6.45, 7) is 1.72. The Morgan fingerprint density at radius 1 is 1.21 bits per heavy atom. The average Bonchev–Trinajstić information content (AvgIpc) is 3.32. The van der Waals surface area contributed by atoms with E-state index < -0.39 is 5.82 Å². The lowest BCUT2D eigenvalue weighted by atomic mass is 10.3. The highest BCUT2D eigenvalue weighted by molar-refractivity contribution is 5.90. The lowest BCUT2D eigenvalue weighted by molar-refractivity contribution is -0.116. The number of nitrogens with one attached hydrogen (secondary N) is 1. The van der Waals surface area contributed by atoms with Crippen LogP contribution < -0.4 is 5.32 Å². The summed E-state index contributed by atoms with van der Waals surface area (Å²) < 4.78 is 20.6. The summed E-state index contributed by atoms with van der Waals surface area (Å²) >= 11 is 0. The molecule has 0 saturated carbocycles.